The van der Waals surface area contributed by atoms with Crippen LogP contribution in [0.2, 0.25) is 0 Å². The Morgan fingerprint density at radius 2 is 2.00 bits per heavy atom. The van der Waals surface area contributed by atoms with Crippen LogP contribution in [0, 0.1) is 5.82 Å². The number of aromatic nitrogens is 2. The van der Waals surface area contributed by atoms with Crippen molar-refractivity contribution in [1.82, 2.24) is 14.6 Å². The van der Waals surface area contributed by atoms with Gasteiger partial charge in [-0.2, -0.15) is 9.48 Å². The highest BCUT2D eigenvalue weighted by Gasteiger charge is 2.39. The predicted molar refractivity (Wildman–Crippen MR) is 120 cm³/mol. The molecule has 14 heteroatoms. The number of ether oxygens (including phenoxy) is 2. The molecular weight excluding hydrogens is 488 g/mol. The molecule has 3 N–H and O–H groups in total. The summed E-state index contributed by atoms with van der Waals surface area (Å²) in [6, 6.07) is 7.00. The van der Waals surface area contributed by atoms with Crippen molar-refractivity contribution in [3.63, 3.8) is 0 Å². The van der Waals surface area contributed by atoms with Crippen LogP contribution in [0.3, 0.4) is 0 Å². The number of halogens is 1. The van der Waals surface area contributed by atoms with E-state index in [0.717, 1.165) is 4.57 Å². The molecule has 0 saturated carbocycles. The molecule has 192 valence electrons. The first-order chi connectivity index (χ1) is 16.5. The number of para-hydroxylation sites is 1. The normalized spacial score (nSPS) is 22.5. The summed E-state index contributed by atoms with van der Waals surface area (Å²) >= 11 is 0. The Balaban J connectivity index is 1.73. The Morgan fingerprint density at radius 3 is 2.66 bits per heavy atom. The third-order valence-electron chi connectivity index (χ3n) is 4.87. The van der Waals surface area contributed by atoms with Crippen molar-refractivity contribution in [3.05, 3.63) is 63.2 Å². The highest BCUT2D eigenvalue weighted by atomic mass is 31.2. The average Bonchev–Trinajstić information content (AvgIpc) is 3.15. The first-order valence-corrected chi connectivity index (χ1v) is 12.3. The second-order valence-corrected chi connectivity index (χ2v) is 9.80. The zero-order valence-electron chi connectivity index (χ0n) is 19.3. The van der Waals surface area contributed by atoms with Gasteiger partial charge < -0.3 is 19.1 Å². The SMILES string of the molecule is CC(C)OC(=O)[C@H](C)N[P@](=O)(OC[C@H]1O[C@@H](n2cc(F)c(=O)[nH]c2=O)C[C@@H]1O)Oc1ccccc1. The van der Waals surface area contributed by atoms with E-state index >= 15 is 0 Å². The van der Waals surface area contributed by atoms with Gasteiger partial charge in [-0.3, -0.25) is 23.7 Å². The molecule has 1 aromatic heterocycles. The van der Waals surface area contributed by atoms with Crippen LogP contribution in [0.5, 0.6) is 5.75 Å². The maximum absolute atomic E-state index is 13.6. The molecule has 0 aliphatic carbocycles. The number of benzene rings is 1. The number of nitrogens with zero attached hydrogens (tertiary/aromatic N) is 1. The number of aliphatic hydroxyl groups is 1. The molecule has 5 atom stereocenters. The lowest BCUT2D eigenvalue weighted by molar-refractivity contribution is -0.149. The monoisotopic (exact) mass is 515 g/mol. The molecule has 0 amide bonds. The Kier molecular flexibility index (Phi) is 8.62. The number of nitrogens with one attached hydrogen (secondary N) is 2. The van der Waals surface area contributed by atoms with Gasteiger partial charge in [0.2, 0.25) is 5.82 Å². The predicted octanol–water partition coefficient (Wildman–Crippen LogP) is 1.46. The lowest BCUT2D eigenvalue weighted by Crippen LogP contribution is -2.37. The fourth-order valence-corrected chi connectivity index (χ4v) is 4.72. The molecular formula is C21H27FN3O9P. The second-order valence-electron chi connectivity index (χ2n) is 8.11. The summed E-state index contributed by atoms with van der Waals surface area (Å²) < 4.78 is 49.6. The Labute approximate surface area is 199 Å². The highest BCUT2D eigenvalue weighted by Crippen LogP contribution is 2.45. The zero-order valence-corrected chi connectivity index (χ0v) is 20.1. The Bertz CT molecular complexity index is 1190. The Morgan fingerprint density at radius 1 is 1.31 bits per heavy atom. The van der Waals surface area contributed by atoms with Gasteiger partial charge in [-0.05, 0) is 32.9 Å². The number of esters is 1. The number of aliphatic hydroxyl groups excluding tert-OH is 1. The van der Waals surface area contributed by atoms with E-state index in [1.54, 1.807) is 32.0 Å². The van der Waals surface area contributed by atoms with E-state index in [1.165, 1.54) is 19.1 Å². The molecule has 1 aliphatic heterocycles. The summed E-state index contributed by atoms with van der Waals surface area (Å²) in [5, 5.41) is 12.9. The van der Waals surface area contributed by atoms with Crippen molar-refractivity contribution in [1.29, 1.82) is 0 Å². The second kappa shape index (κ2) is 11.3. The largest absolute Gasteiger partial charge is 0.462 e. The van der Waals surface area contributed by atoms with Gasteiger partial charge in [-0.15, -0.1) is 0 Å². The van der Waals surface area contributed by atoms with Gasteiger partial charge >= 0.3 is 19.4 Å². The summed E-state index contributed by atoms with van der Waals surface area (Å²) in [5.74, 6) is -1.69. The van der Waals surface area contributed by atoms with Crippen molar-refractivity contribution < 1.29 is 37.4 Å². The third-order valence-corrected chi connectivity index (χ3v) is 6.52. The summed E-state index contributed by atoms with van der Waals surface area (Å²) in [6.07, 6.45) is -3.24. The minimum atomic E-state index is -4.21. The minimum absolute atomic E-state index is 0.131. The van der Waals surface area contributed by atoms with E-state index in [0.29, 0.717) is 6.20 Å². The maximum atomic E-state index is 13.6. The highest BCUT2D eigenvalue weighted by molar-refractivity contribution is 7.52. The summed E-state index contributed by atoms with van der Waals surface area (Å²) in [4.78, 5) is 37.3. The number of H-pyrrole nitrogens is 1. The Hall–Kier alpha value is -2.83. The van der Waals surface area contributed by atoms with Crippen LogP contribution in [0.4, 0.5) is 4.39 Å². The summed E-state index contributed by atoms with van der Waals surface area (Å²) in [7, 11) is -4.21. The van der Waals surface area contributed by atoms with E-state index in [-0.39, 0.29) is 12.2 Å². The minimum Gasteiger partial charge on any atom is -0.462 e. The number of carbonyl (C=O) groups is 1. The number of hydrogen-bond donors (Lipinski definition) is 3. The fourth-order valence-electron chi connectivity index (χ4n) is 3.22. The molecule has 1 saturated heterocycles. The summed E-state index contributed by atoms with van der Waals surface area (Å²) in [5.41, 5.74) is -2.10. The van der Waals surface area contributed by atoms with E-state index in [2.05, 4.69) is 5.09 Å². The van der Waals surface area contributed by atoms with Crippen molar-refractivity contribution in [2.75, 3.05) is 6.61 Å². The van der Waals surface area contributed by atoms with Crippen LogP contribution in [-0.4, -0.2) is 51.6 Å². The van der Waals surface area contributed by atoms with Gasteiger partial charge in [-0.25, -0.2) is 9.36 Å². The van der Waals surface area contributed by atoms with Crippen LogP contribution in [0.15, 0.2) is 46.1 Å². The number of hydrogen-bond acceptors (Lipinski definition) is 9. The standard InChI is InChI=1S/C21H27FN3O9P/c1-12(2)32-20(28)13(3)24-35(30,34-14-7-5-4-6-8-14)31-11-17-16(26)9-18(33-17)25-10-15(22)19(27)23-21(25)29/h4-8,10,12-13,16-18,26H,9,11H2,1-3H3,(H,24,30)(H,23,27,29)/t13-,16-,17+,18+,35-/m0/s1. The van der Waals surface area contributed by atoms with Crippen molar-refractivity contribution >= 4 is 13.7 Å². The van der Waals surface area contributed by atoms with E-state index in [4.69, 9.17) is 18.5 Å². The van der Waals surface area contributed by atoms with E-state index in [9.17, 15) is 28.4 Å². The molecule has 35 heavy (non-hydrogen) atoms. The molecule has 12 nitrogen and oxygen atoms in total. The third kappa shape index (κ3) is 7.09. The van der Waals surface area contributed by atoms with Crippen molar-refractivity contribution in [3.8, 4) is 5.75 Å². The fraction of sp³-hybridized carbons (Fsp3) is 0.476. The maximum Gasteiger partial charge on any atom is 0.459 e. The van der Waals surface area contributed by atoms with Crippen LogP contribution < -0.4 is 20.9 Å². The van der Waals surface area contributed by atoms with Crippen LogP contribution >= 0.6 is 7.75 Å². The molecule has 0 unspecified atom stereocenters. The number of rotatable bonds is 10. The molecule has 2 heterocycles. The van der Waals surface area contributed by atoms with Crippen molar-refractivity contribution in [2.45, 2.75) is 57.8 Å². The first kappa shape index (κ1) is 26.8. The van der Waals surface area contributed by atoms with Gasteiger partial charge in [0.25, 0.3) is 5.56 Å². The molecule has 1 fully saturated rings. The van der Waals surface area contributed by atoms with Gasteiger partial charge in [0, 0.05) is 6.42 Å². The lowest BCUT2D eigenvalue weighted by atomic mass is 10.2. The molecule has 0 spiro atoms. The zero-order chi connectivity index (χ0) is 25.8. The molecule has 3 rings (SSSR count). The molecule has 1 aromatic carbocycles. The van der Waals surface area contributed by atoms with E-state index in [1.807, 2.05) is 4.98 Å². The topological polar surface area (TPSA) is 158 Å². The van der Waals surface area contributed by atoms with Crippen molar-refractivity contribution in [2.24, 2.45) is 0 Å². The smallest absolute Gasteiger partial charge is 0.459 e. The number of aromatic amines is 1. The van der Waals surface area contributed by atoms with Gasteiger partial charge in [-0.1, -0.05) is 18.2 Å². The molecule has 1 aliphatic rings. The first-order valence-electron chi connectivity index (χ1n) is 10.8. The van der Waals surface area contributed by atoms with Crippen LogP contribution in [0.25, 0.3) is 0 Å². The van der Waals surface area contributed by atoms with Gasteiger partial charge in [0.1, 0.15) is 24.1 Å². The quantitative estimate of drug-likeness (QED) is 0.312. The molecule has 0 bridgehead atoms. The van der Waals surface area contributed by atoms with Crippen LogP contribution in [-0.2, 0) is 23.4 Å². The molecule has 2 aromatic rings. The van der Waals surface area contributed by atoms with Gasteiger partial charge in [0.15, 0.2) is 0 Å². The summed E-state index contributed by atoms with van der Waals surface area (Å²) in [6.45, 7) is 4.27. The number of carbonyl (C=O) groups excluding carboxylic acids is 1. The average molecular weight is 515 g/mol. The molecule has 0 radical (unpaired) electrons. The lowest BCUT2D eigenvalue weighted by Gasteiger charge is -2.25. The van der Waals surface area contributed by atoms with Crippen LogP contribution in [0.1, 0.15) is 33.4 Å². The van der Waals surface area contributed by atoms with Gasteiger partial charge in [0.05, 0.1) is 25.0 Å². The van der Waals surface area contributed by atoms with E-state index < -0.39 is 68.0 Å².